The van der Waals surface area contributed by atoms with Crippen molar-refractivity contribution in [2.24, 2.45) is 0 Å². The van der Waals surface area contributed by atoms with E-state index in [1.54, 1.807) is 13.3 Å². The summed E-state index contributed by atoms with van der Waals surface area (Å²) in [6.07, 6.45) is 3.66. The van der Waals surface area contributed by atoms with Crippen LogP contribution in [0.3, 0.4) is 0 Å². The van der Waals surface area contributed by atoms with E-state index in [1.165, 1.54) is 5.56 Å². The standard InChI is InChI=1S/C16H21N3O/c1-12-9-13(5-6-16(12)20-4)10-18-14-11-17-8-7-15(14)19(2)3/h5-9,11,18H,10H2,1-4H3. The Morgan fingerprint density at radius 1 is 1.25 bits per heavy atom. The van der Waals surface area contributed by atoms with Gasteiger partial charge in [0.25, 0.3) is 0 Å². The van der Waals surface area contributed by atoms with Crippen LogP contribution in [0, 0.1) is 6.92 Å². The molecular weight excluding hydrogens is 250 g/mol. The fourth-order valence-electron chi connectivity index (χ4n) is 2.16. The third-order valence-corrected chi connectivity index (χ3v) is 3.22. The first kappa shape index (κ1) is 14.2. The third kappa shape index (κ3) is 3.20. The van der Waals surface area contributed by atoms with Crippen molar-refractivity contribution < 1.29 is 4.74 Å². The first-order valence-corrected chi connectivity index (χ1v) is 6.60. The highest BCUT2D eigenvalue weighted by Gasteiger charge is 2.05. The Bertz CT molecular complexity index is 582. The maximum absolute atomic E-state index is 5.28. The van der Waals surface area contributed by atoms with Gasteiger partial charge in [-0.25, -0.2) is 0 Å². The van der Waals surface area contributed by atoms with Crippen LogP contribution in [0.1, 0.15) is 11.1 Å². The van der Waals surface area contributed by atoms with Crippen molar-refractivity contribution in [3.8, 4) is 5.75 Å². The second kappa shape index (κ2) is 6.28. The molecule has 4 heteroatoms. The molecule has 0 atom stereocenters. The zero-order valence-electron chi connectivity index (χ0n) is 12.5. The number of nitrogens with one attached hydrogen (secondary N) is 1. The second-order valence-corrected chi connectivity index (χ2v) is 4.94. The van der Waals surface area contributed by atoms with E-state index in [0.717, 1.165) is 29.2 Å². The van der Waals surface area contributed by atoms with Gasteiger partial charge in [-0.15, -0.1) is 0 Å². The molecule has 0 amide bonds. The molecule has 1 N–H and O–H groups in total. The maximum Gasteiger partial charge on any atom is 0.121 e. The van der Waals surface area contributed by atoms with Gasteiger partial charge in [-0.1, -0.05) is 12.1 Å². The Labute approximate surface area is 120 Å². The van der Waals surface area contributed by atoms with Gasteiger partial charge >= 0.3 is 0 Å². The monoisotopic (exact) mass is 271 g/mol. The van der Waals surface area contributed by atoms with Crippen LogP contribution in [0.15, 0.2) is 36.7 Å². The number of nitrogens with zero attached hydrogens (tertiary/aromatic N) is 2. The highest BCUT2D eigenvalue weighted by Crippen LogP contribution is 2.24. The number of benzene rings is 1. The summed E-state index contributed by atoms with van der Waals surface area (Å²) in [5.74, 6) is 0.920. The quantitative estimate of drug-likeness (QED) is 0.907. The number of aryl methyl sites for hydroxylation is 1. The summed E-state index contributed by atoms with van der Waals surface area (Å²) < 4.78 is 5.28. The van der Waals surface area contributed by atoms with Crippen molar-refractivity contribution >= 4 is 11.4 Å². The number of methoxy groups -OCH3 is 1. The fourth-order valence-corrected chi connectivity index (χ4v) is 2.16. The van der Waals surface area contributed by atoms with E-state index in [0.29, 0.717) is 0 Å². The summed E-state index contributed by atoms with van der Waals surface area (Å²) in [7, 11) is 5.75. The predicted octanol–water partition coefficient (Wildman–Crippen LogP) is 3.08. The molecule has 1 heterocycles. The molecule has 106 valence electrons. The number of aromatic nitrogens is 1. The average molecular weight is 271 g/mol. The molecule has 1 aromatic carbocycles. The number of rotatable bonds is 5. The lowest BCUT2D eigenvalue weighted by Crippen LogP contribution is -2.12. The lowest BCUT2D eigenvalue weighted by atomic mass is 10.1. The maximum atomic E-state index is 5.28. The molecule has 20 heavy (non-hydrogen) atoms. The van der Waals surface area contributed by atoms with Crippen LogP contribution in [0.4, 0.5) is 11.4 Å². The number of hydrogen-bond donors (Lipinski definition) is 1. The van der Waals surface area contributed by atoms with Gasteiger partial charge in [-0.2, -0.15) is 0 Å². The van der Waals surface area contributed by atoms with Crippen LogP contribution in [-0.4, -0.2) is 26.2 Å². The Kier molecular flexibility index (Phi) is 4.45. The third-order valence-electron chi connectivity index (χ3n) is 3.22. The van der Waals surface area contributed by atoms with Gasteiger partial charge < -0.3 is 15.0 Å². The molecule has 2 aromatic rings. The van der Waals surface area contributed by atoms with E-state index in [9.17, 15) is 0 Å². The van der Waals surface area contributed by atoms with Gasteiger partial charge in [-0.05, 0) is 30.2 Å². The van der Waals surface area contributed by atoms with Gasteiger partial charge in [0.2, 0.25) is 0 Å². The van der Waals surface area contributed by atoms with Crippen LogP contribution in [-0.2, 0) is 6.54 Å². The number of hydrogen-bond acceptors (Lipinski definition) is 4. The van der Waals surface area contributed by atoms with Gasteiger partial charge in [0.1, 0.15) is 5.75 Å². The first-order chi connectivity index (χ1) is 9.61. The molecule has 1 aromatic heterocycles. The minimum Gasteiger partial charge on any atom is -0.496 e. The fraction of sp³-hybridized carbons (Fsp3) is 0.312. The van der Waals surface area contributed by atoms with Crippen molar-refractivity contribution in [1.29, 1.82) is 0 Å². The van der Waals surface area contributed by atoms with Crippen molar-refractivity contribution in [2.45, 2.75) is 13.5 Å². The SMILES string of the molecule is COc1ccc(CNc2cnccc2N(C)C)cc1C. The lowest BCUT2D eigenvalue weighted by Gasteiger charge is -2.18. The van der Waals surface area contributed by atoms with Crippen LogP contribution < -0.4 is 15.0 Å². The lowest BCUT2D eigenvalue weighted by molar-refractivity contribution is 0.411. The number of pyridine rings is 1. The molecule has 0 radical (unpaired) electrons. The Morgan fingerprint density at radius 3 is 2.70 bits per heavy atom. The van der Waals surface area contributed by atoms with Crippen LogP contribution in [0.2, 0.25) is 0 Å². The molecule has 0 aliphatic heterocycles. The van der Waals surface area contributed by atoms with E-state index >= 15 is 0 Å². The van der Waals surface area contributed by atoms with Gasteiger partial charge in [0, 0.05) is 26.8 Å². The summed E-state index contributed by atoms with van der Waals surface area (Å²) in [6.45, 7) is 2.81. The highest BCUT2D eigenvalue weighted by molar-refractivity contribution is 5.68. The van der Waals surface area contributed by atoms with Crippen molar-refractivity contribution in [3.63, 3.8) is 0 Å². The smallest absolute Gasteiger partial charge is 0.121 e. The summed E-state index contributed by atoms with van der Waals surface area (Å²) in [5.41, 5.74) is 4.53. The van der Waals surface area contributed by atoms with Gasteiger partial charge in [0.15, 0.2) is 0 Å². The molecule has 0 unspecified atom stereocenters. The van der Waals surface area contributed by atoms with E-state index in [2.05, 4.69) is 34.3 Å². The van der Waals surface area contributed by atoms with Crippen molar-refractivity contribution in [3.05, 3.63) is 47.8 Å². The highest BCUT2D eigenvalue weighted by atomic mass is 16.5. The van der Waals surface area contributed by atoms with Gasteiger partial charge in [0.05, 0.1) is 24.7 Å². The zero-order valence-corrected chi connectivity index (χ0v) is 12.5. The van der Waals surface area contributed by atoms with Crippen molar-refractivity contribution in [1.82, 2.24) is 4.98 Å². The minimum absolute atomic E-state index is 0.761. The Hall–Kier alpha value is -2.23. The van der Waals surface area contributed by atoms with E-state index in [1.807, 2.05) is 32.4 Å². The van der Waals surface area contributed by atoms with Crippen LogP contribution >= 0.6 is 0 Å². The summed E-state index contributed by atoms with van der Waals surface area (Å²) in [4.78, 5) is 6.25. The molecule has 0 aliphatic rings. The second-order valence-electron chi connectivity index (χ2n) is 4.94. The zero-order chi connectivity index (χ0) is 14.5. The Morgan fingerprint density at radius 2 is 2.05 bits per heavy atom. The number of ether oxygens (including phenoxy) is 1. The predicted molar refractivity (Wildman–Crippen MR) is 83.6 cm³/mol. The molecule has 0 aliphatic carbocycles. The molecule has 4 nitrogen and oxygen atoms in total. The van der Waals surface area contributed by atoms with Crippen LogP contribution in [0.25, 0.3) is 0 Å². The summed E-state index contributed by atoms with van der Waals surface area (Å²) in [5, 5.41) is 3.43. The molecular formula is C16H21N3O. The molecule has 0 spiro atoms. The molecule has 0 saturated carbocycles. The molecule has 2 rings (SSSR count). The molecule has 0 fully saturated rings. The normalized spacial score (nSPS) is 10.2. The van der Waals surface area contributed by atoms with Crippen molar-refractivity contribution in [2.75, 3.05) is 31.4 Å². The summed E-state index contributed by atoms with van der Waals surface area (Å²) >= 11 is 0. The number of anilines is 2. The van der Waals surface area contributed by atoms with E-state index in [-0.39, 0.29) is 0 Å². The summed E-state index contributed by atoms with van der Waals surface area (Å²) in [6, 6.07) is 8.21. The van der Waals surface area contributed by atoms with Crippen LogP contribution in [0.5, 0.6) is 5.75 Å². The molecule has 0 bridgehead atoms. The first-order valence-electron chi connectivity index (χ1n) is 6.60. The average Bonchev–Trinajstić information content (AvgIpc) is 2.45. The Balaban J connectivity index is 2.11. The molecule has 0 saturated heterocycles. The topological polar surface area (TPSA) is 37.4 Å². The van der Waals surface area contributed by atoms with Gasteiger partial charge in [-0.3, -0.25) is 4.98 Å². The largest absolute Gasteiger partial charge is 0.496 e. The minimum atomic E-state index is 0.761. The van der Waals surface area contributed by atoms with E-state index < -0.39 is 0 Å². The van der Waals surface area contributed by atoms with E-state index in [4.69, 9.17) is 4.74 Å².